The van der Waals surface area contributed by atoms with Gasteiger partial charge in [-0.2, -0.15) is 21.0 Å². The molecule has 0 saturated heterocycles. The first-order chi connectivity index (χ1) is 15.4. The zero-order valence-electron chi connectivity index (χ0n) is 17.5. The van der Waals surface area contributed by atoms with E-state index in [1.165, 1.54) is 51.0 Å². The molecular formula is C22H16N4S6. The fourth-order valence-corrected chi connectivity index (χ4v) is 9.94. The Morgan fingerprint density at radius 2 is 0.938 bits per heavy atom. The lowest BCUT2D eigenvalue weighted by molar-refractivity contribution is 1.46. The minimum Gasteiger partial charge on any atom is -0.192 e. The Morgan fingerprint density at radius 3 is 1.16 bits per heavy atom. The minimum absolute atomic E-state index is 0.00187. The predicted octanol–water partition coefficient (Wildman–Crippen LogP) is 6.26. The van der Waals surface area contributed by atoms with E-state index in [0.29, 0.717) is 10.4 Å². The molecule has 10 heteroatoms. The van der Waals surface area contributed by atoms with Crippen LogP contribution in [-0.2, 0) is 0 Å². The average molecular weight is 529 g/mol. The van der Waals surface area contributed by atoms with Crippen LogP contribution in [0.3, 0.4) is 0 Å². The van der Waals surface area contributed by atoms with Crippen LogP contribution >= 0.6 is 70.6 Å². The van der Waals surface area contributed by atoms with Crippen molar-refractivity contribution in [2.45, 2.75) is 13.8 Å². The molecule has 0 amide bonds. The zero-order chi connectivity index (χ0) is 23.7. The normalized spacial score (nSPS) is 17.0. The van der Waals surface area contributed by atoms with Crippen molar-refractivity contribution in [3.8, 4) is 24.3 Å². The van der Waals surface area contributed by atoms with Crippen LogP contribution in [0.4, 0.5) is 0 Å². The summed E-state index contributed by atoms with van der Waals surface area (Å²) >= 11 is 11.5. The molecule has 4 nitrogen and oxygen atoms in total. The van der Waals surface area contributed by atoms with Crippen LogP contribution < -0.4 is 10.4 Å². The van der Waals surface area contributed by atoms with Gasteiger partial charge in [0.1, 0.15) is 35.4 Å². The molecule has 1 aromatic carbocycles. The van der Waals surface area contributed by atoms with E-state index < -0.39 is 0 Å². The summed E-state index contributed by atoms with van der Waals surface area (Å²) in [4.78, 5) is 2.91. The summed E-state index contributed by atoms with van der Waals surface area (Å²) in [7, 11) is 0. The molecule has 0 unspecified atom stereocenters. The molecule has 2 aliphatic rings. The second kappa shape index (κ2) is 13.1. The molecule has 0 spiro atoms. The van der Waals surface area contributed by atoms with Gasteiger partial charge in [-0.25, -0.2) is 0 Å². The Balaban J connectivity index is 0.000000227. The molecule has 0 fully saturated rings. The van der Waals surface area contributed by atoms with Crippen LogP contribution in [0.5, 0.6) is 0 Å². The molecule has 0 aliphatic carbocycles. The van der Waals surface area contributed by atoms with Crippen molar-refractivity contribution in [1.29, 1.82) is 21.0 Å². The number of benzene rings is 1. The molecule has 160 valence electrons. The maximum atomic E-state index is 8.63. The first-order valence-electron chi connectivity index (χ1n) is 8.82. The molecule has 0 radical (unpaired) electrons. The van der Waals surface area contributed by atoms with Gasteiger partial charge in [-0.15, -0.1) is 23.5 Å². The summed E-state index contributed by atoms with van der Waals surface area (Å²) in [6.45, 7) is 4.44. The van der Waals surface area contributed by atoms with Gasteiger partial charge in [0.15, 0.2) is 0 Å². The number of hydrogen-bond donors (Lipinski definition) is 0. The number of rotatable bonds is 2. The van der Waals surface area contributed by atoms with Crippen molar-refractivity contribution in [2.75, 3.05) is 12.5 Å². The van der Waals surface area contributed by atoms with E-state index in [1.807, 2.05) is 70.6 Å². The molecule has 2 aliphatic heterocycles. The van der Waals surface area contributed by atoms with Gasteiger partial charge in [0, 0.05) is 20.2 Å². The van der Waals surface area contributed by atoms with Gasteiger partial charge in [0.2, 0.25) is 0 Å². The second-order valence-corrected chi connectivity index (χ2v) is 13.0. The maximum Gasteiger partial charge on any atom is 0.136 e. The fraction of sp³-hybridized carbons (Fsp3) is 0.182. The Kier molecular flexibility index (Phi) is 10.8. The van der Waals surface area contributed by atoms with E-state index in [2.05, 4.69) is 26.4 Å². The monoisotopic (exact) mass is 528 g/mol. The van der Waals surface area contributed by atoms with Crippen molar-refractivity contribution < 1.29 is 0 Å². The van der Waals surface area contributed by atoms with Crippen LogP contribution in [0.2, 0.25) is 0 Å². The van der Waals surface area contributed by atoms with Gasteiger partial charge in [-0.3, -0.25) is 0 Å². The van der Waals surface area contributed by atoms with Crippen molar-refractivity contribution in [2.24, 2.45) is 0 Å². The summed E-state index contributed by atoms with van der Waals surface area (Å²) in [5.41, 5.74) is 0.00373. The lowest BCUT2D eigenvalue weighted by Crippen LogP contribution is -2.11. The van der Waals surface area contributed by atoms with Gasteiger partial charge in [-0.05, 0) is 26.4 Å². The van der Waals surface area contributed by atoms with Gasteiger partial charge in [0.05, 0.1) is 16.9 Å². The molecule has 2 heterocycles. The number of hydrogen-bond acceptors (Lipinski definition) is 10. The Hall–Kier alpha value is -1.76. The first-order valence-corrected chi connectivity index (χ1v) is 14.5. The van der Waals surface area contributed by atoms with E-state index in [9.17, 15) is 0 Å². The second-order valence-electron chi connectivity index (χ2n) is 5.85. The van der Waals surface area contributed by atoms with Crippen molar-refractivity contribution >= 4 is 81.7 Å². The number of allylic oxidation sites excluding steroid dienone is 2. The van der Waals surface area contributed by atoms with Crippen molar-refractivity contribution in [3.05, 3.63) is 61.5 Å². The minimum atomic E-state index is 0.00187. The Morgan fingerprint density at radius 1 is 0.625 bits per heavy atom. The molecule has 0 saturated carbocycles. The smallest absolute Gasteiger partial charge is 0.136 e. The first kappa shape index (κ1) is 26.5. The molecule has 0 N–H and O–H groups in total. The molecular weight excluding hydrogens is 513 g/mol. The van der Waals surface area contributed by atoms with Gasteiger partial charge in [0.25, 0.3) is 0 Å². The van der Waals surface area contributed by atoms with Crippen LogP contribution in [0.25, 0.3) is 11.1 Å². The van der Waals surface area contributed by atoms with Crippen LogP contribution in [0.15, 0.2) is 51.0 Å². The molecule has 1 aromatic rings. The Bertz CT molecular complexity index is 1150. The topological polar surface area (TPSA) is 95.2 Å². The van der Waals surface area contributed by atoms with E-state index in [1.54, 1.807) is 24.3 Å². The highest BCUT2D eigenvalue weighted by atomic mass is 32.2. The summed E-state index contributed by atoms with van der Waals surface area (Å²) in [5, 5.41) is 35.5. The zero-order valence-corrected chi connectivity index (χ0v) is 22.4. The van der Waals surface area contributed by atoms with Gasteiger partial charge in [-0.1, -0.05) is 71.3 Å². The number of nitrogens with zero attached hydrogens (tertiary/aromatic N) is 4. The SMILES string of the molecule is CSC1=C(C)S/C(=C2/SC(C)=C(SC)S2)S1.N#CC(C#N)=c1ccc(=C(C#N)C#N)cc1. The Labute approximate surface area is 213 Å². The number of thioether (sulfide) groups is 6. The summed E-state index contributed by atoms with van der Waals surface area (Å²) in [6.07, 6.45) is 4.32. The predicted molar refractivity (Wildman–Crippen MR) is 145 cm³/mol. The third kappa shape index (κ3) is 6.63. The summed E-state index contributed by atoms with van der Waals surface area (Å²) in [6, 6.07) is 13.2. The lowest BCUT2D eigenvalue weighted by Gasteiger charge is -2.01. The van der Waals surface area contributed by atoms with E-state index in [4.69, 9.17) is 21.0 Å². The molecule has 32 heavy (non-hydrogen) atoms. The largest absolute Gasteiger partial charge is 0.192 e. The van der Waals surface area contributed by atoms with E-state index >= 15 is 0 Å². The average Bonchev–Trinajstić information content (AvgIpc) is 3.38. The third-order valence-corrected chi connectivity index (χ3v) is 12.3. The van der Waals surface area contributed by atoms with E-state index in [-0.39, 0.29) is 11.1 Å². The standard InChI is InChI=1S/C12H4N4.C10H12S6/c13-5-11(6-14)9-1-2-10(4-3-9)12(7-15)8-16;1-5-7(11-3)15-9(13-5)10-14-6(2)8(12-4)16-10/h1-4H;1-4H3/b;10-9+. The van der Waals surface area contributed by atoms with E-state index in [0.717, 1.165) is 0 Å². The third-order valence-electron chi connectivity index (χ3n) is 3.88. The van der Waals surface area contributed by atoms with Gasteiger partial charge < -0.3 is 0 Å². The quantitative estimate of drug-likeness (QED) is 0.437. The highest BCUT2D eigenvalue weighted by Crippen LogP contribution is 2.62. The van der Waals surface area contributed by atoms with Crippen LogP contribution in [0.1, 0.15) is 13.8 Å². The molecule has 0 atom stereocenters. The molecule has 0 aromatic heterocycles. The maximum absolute atomic E-state index is 8.63. The number of nitriles is 4. The molecule has 3 rings (SSSR count). The molecule has 0 bridgehead atoms. The van der Waals surface area contributed by atoms with Crippen LogP contribution in [0, 0.1) is 45.3 Å². The summed E-state index contributed by atoms with van der Waals surface area (Å²) in [5.74, 6) is 0. The lowest BCUT2D eigenvalue weighted by atomic mass is 10.1. The van der Waals surface area contributed by atoms with Crippen molar-refractivity contribution in [1.82, 2.24) is 0 Å². The van der Waals surface area contributed by atoms with Crippen molar-refractivity contribution in [3.63, 3.8) is 0 Å². The fourth-order valence-electron chi connectivity index (χ4n) is 2.36. The highest BCUT2D eigenvalue weighted by molar-refractivity contribution is 8.40. The van der Waals surface area contributed by atoms with Gasteiger partial charge >= 0.3 is 0 Å². The van der Waals surface area contributed by atoms with Crippen LogP contribution in [-0.4, -0.2) is 12.5 Å². The highest BCUT2D eigenvalue weighted by Gasteiger charge is 2.26. The summed E-state index contributed by atoms with van der Waals surface area (Å²) < 4.78 is 5.87.